The van der Waals surface area contributed by atoms with Crippen molar-refractivity contribution in [1.82, 2.24) is 4.98 Å². The Balaban J connectivity index is 2.11. The van der Waals surface area contributed by atoms with E-state index in [4.69, 9.17) is 4.74 Å². The number of benzene rings is 1. The number of aryl methyl sites for hydroxylation is 1. The molecule has 0 amide bonds. The second-order valence-corrected chi connectivity index (χ2v) is 3.86. The van der Waals surface area contributed by atoms with Crippen LogP contribution in [0.3, 0.4) is 0 Å². The minimum Gasteiger partial charge on any atom is -0.438 e. The number of pyridine rings is 1. The fourth-order valence-electron chi connectivity index (χ4n) is 1.89. The molecular formula is C13H11NO. The van der Waals surface area contributed by atoms with Crippen molar-refractivity contribution in [2.75, 3.05) is 0 Å². The van der Waals surface area contributed by atoms with Crippen LogP contribution in [0.4, 0.5) is 0 Å². The molecule has 1 aromatic carbocycles. The van der Waals surface area contributed by atoms with Crippen LogP contribution in [0.15, 0.2) is 36.5 Å². The minimum absolute atomic E-state index is 0.749. The van der Waals surface area contributed by atoms with Crippen molar-refractivity contribution in [2.24, 2.45) is 0 Å². The van der Waals surface area contributed by atoms with Crippen LogP contribution in [0.2, 0.25) is 0 Å². The predicted octanol–water partition coefficient (Wildman–Crippen LogP) is 3.09. The number of hydrogen-bond acceptors (Lipinski definition) is 2. The van der Waals surface area contributed by atoms with E-state index in [9.17, 15) is 0 Å². The van der Waals surface area contributed by atoms with Gasteiger partial charge in [0.1, 0.15) is 5.75 Å². The average molecular weight is 197 g/mol. The lowest BCUT2D eigenvalue weighted by molar-refractivity contribution is 0.440. The van der Waals surface area contributed by atoms with Crippen molar-refractivity contribution < 1.29 is 4.74 Å². The van der Waals surface area contributed by atoms with Gasteiger partial charge in [-0.3, -0.25) is 0 Å². The number of hydrogen-bond donors (Lipinski definition) is 0. The summed E-state index contributed by atoms with van der Waals surface area (Å²) in [5.74, 6) is 1.68. The highest BCUT2D eigenvalue weighted by molar-refractivity contribution is 5.47. The van der Waals surface area contributed by atoms with Crippen LogP contribution >= 0.6 is 0 Å². The van der Waals surface area contributed by atoms with Gasteiger partial charge in [-0.15, -0.1) is 0 Å². The molecule has 15 heavy (non-hydrogen) atoms. The van der Waals surface area contributed by atoms with E-state index in [2.05, 4.69) is 17.1 Å². The minimum atomic E-state index is 0.749. The zero-order chi connectivity index (χ0) is 10.3. The smallest absolute Gasteiger partial charge is 0.222 e. The highest BCUT2D eigenvalue weighted by Gasteiger charge is 2.16. The summed E-state index contributed by atoms with van der Waals surface area (Å²) < 4.78 is 5.72. The average Bonchev–Trinajstić information content (AvgIpc) is 2.26. The van der Waals surface area contributed by atoms with E-state index in [1.165, 1.54) is 16.7 Å². The third-order valence-corrected chi connectivity index (χ3v) is 2.62. The number of fused-ring (bicyclic) bond motifs is 2. The van der Waals surface area contributed by atoms with Gasteiger partial charge in [0, 0.05) is 18.2 Å². The lowest BCUT2D eigenvalue weighted by Crippen LogP contribution is -2.04. The van der Waals surface area contributed by atoms with Crippen molar-refractivity contribution in [1.29, 1.82) is 0 Å². The molecule has 2 heteroatoms. The number of aromatic nitrogens is 1. The molecule has 1 aromatic heterocycles. The van der Waals surface area contributed by atoms with Crippen LogP contribution in [0, 0.1) is 6.92 Å². The van der Waals surface area contributed by atoms with Crippen LogP contribution in [0.25, 0.3) is 0 Å². The molecule has 0 bridgehead atoms. The first kappa shape index (κ1) is 8.48. The monoisotopic (exact) mass is 197 g/mol. The lowest BCUT2D eigenvalue weighted by Gasteiger charge is -2.18. The zero-order valence-corrected chi connectivity index (χ0v) is 8.53. The van der Waals surface area contributed by atoms with E-state index in [0.717, 1.165) is 18.1 Å². The van der Waals surface area contributed by atoms with E-state index in [1.807, 2.05) is 31.3 Å². The Labute approximate surface area is 88.5 Å². The van der Waals surface area contributed by atoms with Crippen molar-refractivity contribution in [2.45, 2.75) is 13.3 Å². The van der Waals surface area contributed by atoms with Gasteiger partial charge < -0.3 is 4.74 Å². The van der Waals surface area contributed by atoms with Gasteiger partial charge in [0.15, 0.2) is 0 Å². The molecular weight excluding hydrogens is 186 g/mol. The van der Waals surface area contributed by atoms with Gasteiger partial charge in [0.05, 0.1) is 0 Å². The van der Waals surface area contributed by atoms with Crippen LogP contribution in [-0.2, 0) is 6.42 Å². The van der Waals surface area contributed by atoms with E-state index in [-0.39, 0.29) is 0 Å². The molecule has 0 atom stereocenters. The topological polar surface area (TPSA) is 22.1 Å². The summed E-state index contributed by atoms with van der Waals surface area (Å²) >= 11 is 0. The first-order chi connectivity index (χ1) is 7.33. The SMILES string of the molecule is Cc1cnc2c(c1)Cc1ccccc1O2. The Morgan fingerprint density at radius 1 is 1.20 bits per heavy atom. The molecule has 0 radical (unpaired) electrons. The first-order valence-corrected chi connectivity index (χ1v) is 5.04. The third-order valence-electron chi connectivity index (χ3n) is 2.62. The summed E-state index contributed by atoms with van der Waals surface area (Å²) in [6.45, 7) is 2.05. The maximum absolute atomic E-state index is 5.72. The molecule has 0 fully saturated rings. The van der Waals surface area contributed by atoms with Crippen LogP contribution < -0.4 is 4.74 Å². The molecule has 2 nitrogen and oxygen atoms in total. The molecule has 0 saturated heterocycles. The molecule has 1 aliphatic heterocycles. The standard InChI is InChI=1S/C13H11NO/c1-9-6-11-7-10-4-2-3-5-12(10)15-13(11)14-8-9/h2-6,8H,7H2,1H3. The number of ether oxygens (including phenoxy) is 1. The molecule has 0 spiro atoms. The number of nitrogens with zero attached hydrogens (tertiary/aromatic N) is 1. The van der Waals surface area contributed by atoms with Crippen LogP contribution in [-0.4, -0.2) is 4.98 Å². The highest BCUT2D eigenvalue weighted by Crippen LogP contribution is 2.34. The molecule has 0 unspecified atom stereocenters. The summed E-state index contributed by atoms with van der Waals surface area (Å²) in [4.78, 5) is 4.30. The van der Waals surface area contributed by atoms with Gasteiger partial charge in [0.25, 0.3) is 0 Å². The quantitative estimate of drug-likeness (QED) is 0.552. The van der Waals surface area contributed by atoms with Gasteiger partial charge in [-0.25, -0.2) is 4.98 Å². The van der Waals surface area contributed by atoms with E-state index < -0.39 is 0 Å². The number of rotatable bonds is 0. The summed E-state index contributed by atoms with van der Waals surface area (Å²) in [6.07, 6.45) is 2.76. The Morgan fingerprint density at radius 2 is 2.07 bits per heavy atom. The Morgan fingerprint density at radius 3 is 3.00 bits per heavy atom. The molecule has 74 valence electrons. The molecule has 0 saturated carbocycles. The van der Waals surface area contributed by atoms with E-state index in [1.54, 1.807) is 0 Å². The molecule has 1 aliphatic rings. The van der Waals surface area contributed by atoms with E-state index in [0.29, 0.717) is 0 Å². The zero-order valence-electron chi connectivity index (χ0n) is 8.53. The maximum atomic E-state index is 5.72. The lowest BCUT2D eigenvalue weighted by atomic mass is 10.0. The fraction of sp³-hybridized carbons (Fsp3) is 0.154. The number of para-hydroxylation sites is 1. The predicted molar refractivity (Wildman–Crippen MR) is 58.3 cm³/mol. The Hall–Kier alpha value is -1.83. The van der Waals surface area contributed by atoms with Crippen molar-refractivity contribution in [3.05, 3.63) is 53.2 Å². The summed E-state index contributed by atoms with van der Waals surface area (Å²) in [5.41, 5.74) is 3.59. The van der Waals surface area contributed by atoms with E-state index >= 15 is 0 Å². The first-order valence-electron chi connectivity index (χ1n) is 5.04. The van der Waals surface area contributed by atoms with Gasteiger partial charge in [-0.1, -0.05) is 18.2 Å². The fourth-order valence-corrected chi connectivity index (χ4v) is 1.89. The van der Waals surface area contributed by atoms with Crippen molar-refractivity contribution >= 4 is 0 Å². The normalized spacial score (nSPS) is 12.6. The molecule has 3 rings (SSSR count). The third kappa shape index (κ3) is 1.38. The summed E-state index contributed by atoms with van der Waals surface area (Å²) in [5, 5.41) is 0. The second-order valence-electron chi connectivity index (χ2n) is 3.86. The molecule has 0 aliphatic carbocycles. The van der Waals surface area contributed by atoms with Gasteiger partial charge in [0.2, 0.25) is 5.88 Å². The second kappa shape index (κ2) is 3.09. The summed E-state index contributed by atoms with van der Waals surface area (Å²) in [6, 6.07) is 10.2. The molecule has 2 heterocycles. The van der Waals surface area contributed by atoms with Crippen molar-refractivity contribution in [3.8, 4) is 11.6 Å². The Kier molecular flexibility index (Phi) is 1.75. The van der Waals surface area contributed by atoms with Gasteiger partial charge in [-0.05, 0) is 30.2 Å². The van der Waals surface area contributed by atoms with Crippen molar-refractivity contribution in [3.63, 3.8) is 0 Å². The Bertz CT molecular complexity index is 520. The van der Waals surface area contributed by atoms with Crippen LogP contribution in [0.1, 0.15) is 16.7 Å². The van der Waals surface area contributed by atoms with Crippen LogP contribution in [0.5, 0.6) is 11.6 Å². The van der Waals surface area contributed by atoms with Gasteiger partial charge >= 0.3 is 0 Å². The maximum Gasteiger partial charge on any atom is 0.222 e. The molecule has 0 N–H and O–H groups in total. The van der Waals surface area contributed by atoms with Gasteiger partial charge in [-0.2, -0.15) is 0 Å². The summed E-state index contributed by atoms with van der Waals surface area (Å²) in [7, 11) is 0. The largest absolute Gasteiger partial charge is 0.438 e. The molecule has 2 aromatic rings. The highest BCUT2D eigenvalue weighted by atomic mass is 16.5.